The van der Waals surface area contributed by atoms with Gasteiger partial charge in [-0.2, -0.15) is 0 Å². The molecule has 5 heteroatoms. The fourth-order valence-electron chi connectivity index (χ4n) is 2.39. The molecule has 2 rings (SSSR count). The first-order valence-electron chi connectivity index (χ1n) is 7.42. The number of carbonyl (C=O) groups is 1. The topological polar surface area (TPSA) is 32.3 Å². The van der Waals surface area contributed by atoms with Gasteiger partial charge in [0, 0.05) is 16.6 Å². The molecule has 0 unspecified atom stereocenters. The highest BCUT2D eigenvalue weighted by Crippen LogP contribution is 2.22. The van der Waals surface area contributed by atoms with Crippen LogP contribution in [0, 0.1) is 0 Å². The molecule has 0 saturated carbocycles. The van der Waals surface area contributed by atoms with Gasteiger partial charge in [-0.15, -0.1) is 0 Å². The summed E-state index contributed by atoms with van der Waals surface area (Å²) in [5, 5.41) is 4.35. The van der Waals surface area contributed by atoms with Gasteiger partial charge in [-0.05, 0) is 43.3 Å². The van der Waals surface area contributed by atoms with Crippen LogP contribution in [0.25, 0.3) is 0 Å². The van der Waals surface area contributed by atoms with Crippen LogP contribution in [0.15, 0.2) is 48.5 Å². The van der Waals surface area contributed by atoms with Crippen molar-refractivity contribution in [2.24, 2.45) is 0 Å². The molecule has 0 aliphatic rings. The Morgan fingerprint density at radius 2 is 1.78 bits per heavy atom. The Hall–Kier alpha value is -1.55. The average Bonchev–Trinajstić information content (AvgIpc) is 2.49. The average molecular weight is 351 g/mol. The number of nitrogens with zero attached hydrogens (tertiary/aromatic N) is 1. The summed E-state index contributed by atoms with van der Waals surface area (Å²) in [5.74, 6) is -0.0334. The summed E-state index contributed by atoms with van der Waals surface area (Å²) in [6.45, 7) is 2.93. The Balaban J connectivity index is 1.86. The lowest BCUT2D eigenvalue weighted by Gasteiger charge is -2.20. The van der Waals surface area contributed by atoms with Crippen molar-refractivity contribution in [3.8, 4) is 0 Å². The van der Waals surface area contributed by atoms with Gasteiger partial charge in [-0.3, -0.25) is 9.69 Å². The van der Waals surface area contributed by atoms with Crippen molar-refractivity contribution < 1.29 is 4.79 Å². The van der Waals surface area contributed by atoms with Gasteiger partial charge in [0.15, 0.2) is 0 Å². The van der Waals surface area contributed by atoms with Crippen molar-refractivity contribution in [2.75, 3.05) is 13.6 Å². The predicted octanol–water partition coefficient (Wildman–Crippen LogP) is 4.30. The van der Waals surface area contributed by atoms with Crippen LogP contribution < -0.4 is 5.32 Å². The van der Waals surface area contributed by atoms with E-state index in [0.717, 1.165) is 11.1 Å². The minimum absolute atomic E-state index is 0.0334. The maximum atomic E-state index is 12.2. The summed E-state index contributed by atoms with van der Waals surface area (Å²) in [7, 11) is 1.91. The first kappa shape index (κ1) is 17.8. The first-order valence-corrected chi connectivity index (χ1v) is 8.18. The standard InChI is InChI=1S/C18H20Cl2N2O/c1-13(16-5-3-4-6-17(16)20)21-18(23)12-22(2)11-14-7-9-15(19)10-8-14/h3-10,13H,11-12H2,1-2H3,(H,21,23)/t13-/m1/s1. The van der Waals surface area contributed by atoms with Crippen molar-refractivity contribution in [3.05, 3.63) is 69.7 Å². The molecule has 0 saturated heterocycles. The summed E-state index contributed by atoms with van der Waals surface area (Å²) >= 11 is 12.0. The van der Waals surface area contributed by atoms with Gasteiger partial charge in [0.25, 0.3) is 0 Å². The number of hydrogen-bond donors (Lipinski definition) is 1. The van der Waals surface area contributed by atoms with Gasteiger partial charge in [0.2, 0.25) is 5.91 Å². The predicted molar refractivity (Wildman–Crippen MR) is 95.8 cm³/mol. The zero-order valence-electron chi connectivity index (χ0n) is 13.2. The maximum Gasteiger partial charge on any atom is 0.234 e. The molecule has 3 nitrogen and oxygen atoms in total. The van der Waals surface area contributed by atoms with E-state index in [1.54, 1.807) is 0 Å². The molecule has 0 spiro atoms. The molecular weight excluding hydrogens is 331 g/mol. The highest BCUT2D eigenvalue weighted by atomic mass is 35.5. The molecule has 1 amide bonds. The lowest BCUT2D eigenvalue weighted by Crippen LogP contribution is -2.36. The van der Waals surface area contributed by atoms with Crippen molar-refractivity contribution in [3.63, 3.8) is 0 Å². The van der Waals surface area contributed by atoms with Gasteiger partial charge in [-0.25, -0.2) is 0 Å². The Labute approximate surface area is 147 Å². The summed E-state index contributed by atoms with van der Waals surface area (Å²) in [4.78, 5) is 14.1. The minimum atomic E-state index is -0.125. The molecule has 2 aromatic rings. The summed E-state index contributed by atoms with van der Waals surface area (Å²) in [6, 6.07) is 15.0. The maximum absolute atomic E-state index is 12.2. The van der Waals surface area contributed by atoms with E-state index in [0.29, 0.717) is 23.1 Å². The second-order valence-electron chi connectivity index (χ2n) is 5.61. The Morgan fingerprint density at radius 3 is 2.43 bits per heavy atom. The molecule has 0 aliphatic carbocycles. The minimum Gasteiger partial charge on any atom is -0.348 e. The Kier molecular flexibility index (Phi) is 6.46. The van der Waals surface area contributed by atoms with E-state index in [1.165, 1.54) is 0 Å². The van der Waals surface area contributed by atoms with Gasteiger partial charge in [-0.1, -0.05) is 53.5 Å². The normalized spacial score (nSPS) is 12.2. The van der Waals surface area contributed by atoms with Crippen LogP contribution >= 0.6 is 23.2 Å². The highest BCUT2D eigenvalue weighted by Gasteiger charge is 2.13. The van der Waals surface area contributed by atoms with Crippen molar-refractivity contribution in [1.29, 1.82) is 0 Å². The SMILES string of the molecule is C[C@@H](NC(=O)CN(C)Cc1ccc(Cl)cc1)c1ccccc1Cl. The van der Waals surface area contributed by atoms with E-state index < -0.39 is 0 Å². The number of amides is 1. The van der Waals surface area contributed by atoms with Gasteiger partial charge < -0.3 is 5.32 Å². The van der Waals surface area contributed by atoms with Gasteiger partial charge in [0.05, 0.1) is 12.6 Å². The van der Waals surface area contributed by atoms with E-state index in [1.807, 2.05) is 67.4 Å². The lowest BCUT2D eigenvalue weighted by atomic mass is 10.1. The lowest BCUT2D eigenvalue weighted by molar-refractivity contribution is -0.122. The zero-order valence-corrected chi connectivity index (χ0v) is 14.7. The third kappa shape index (κ3) is 5.54. The Morgan fingerprint density at radius 1 is 1.13 bits per heavy atom. The second-order valence-corrected chi connectivity index (χ2v) is 6.45. The van der Waals surface area contributed by atoms with Crippen LogP contribution in [-0.4, -0.2) is 24.4 Å². The zero-order chi connectivity index (χ0) is 16.8. The van der Waals surface area contributed by atoms with E-state index in [2.05, 4.69) is 5.32 Å². The number of likely N-dealkylation sites (N-methyl/N-ethyl adjacent to an activating group) is 1. The Bertz CT molecular complexity index is 658. The van der Waals surface area contributed by atoms with Gasteiger partial charge in [0.1, 0.15) is 0 Å². The first-order chi connectivity index (χ1) is 11.0. The highest BCUT2D eigenvalue weighted by molar-refractivity contribution is 6.31. The van der Waals surface area contributed by atoms with Crippen LogP contribution in [0.2, 0.25) is 10.0 Å². The number of halogens is 2. The van der Waals surface area contributed by atoms with Crippen molar-refractivity contribution in [1.82, 2.24) is 10.2 Å². The van der Waals surface area contributed by atoms with E-state index in [9.17, 15) is 4.79 Å². The third-order valence-corrected chi connectivity index (χ3v) is 4.12. The smallest absolute Gasteiger partial charge is 0.234 e. The van der Waals surface area contributed by atoms with E-state index in [-0.39, 0.29) is 11.9 Å². The van der Waals surface area contributed by atoms with Crippen molar-refractivity contribution >= 4 is 29.1 Å². The molecule has 122 valence electrons. The summed E-state index contributed by atoms with van der Waals surface area (Å²) < 4.78 is 0. The van der Waals surface area contributed by atoms with Crippen LogP contribution in [0.3, 0.4) is 0 Å². The largest absolute Gasteiger partial charge is 0.348 e. The van der Waals surface area contributed by atoms with Crippen LogP contribution in [-0.2, 0) is 11.3 Å². The number of hydrogen-bond acceptors (Lipinski definition) is 2. The number of benzene rings is 2. The third-order valence-electron chi connectivity index (χ3n) is 3.53. The molecule has 0 fully saturated rings. The molecule has 23 heavy (non-hydrogen) atoms. The van der Waals surface area contributed by atoms with Crippen LogP contribution in [0.1, 0.15) is 24.1 Å². The van der Waals surface area contributed by atoms with E-state index >= 15 is 0 Å². The quantitative estimate of drug-likeness (QED) is 0.842. The van der Waals surface area contributed by atoms with Crippen molar-refractivity contribution in [2.45, 2.75) is 19.5 Å². The molecule has 2 aromatic carbocycles. The monoisotopic (exact) mass is 350 g/mol. The summed E-state index contributed by atoms with van der Waals surface area (Å²) in [6.07, 6.45) is 0. The van der Waals surface area contributed by atoms with Crippen LogP contribution in [0.5, 0.6) is 0 Å². The molecule has 1 N–H and O–H groups in total. The van der Waals surface area contributed by atoms with E-state index in [4.69, 9.17) is 23.2 Å². The molecule has 0 aliphatic heterocycles. The number of nitrogens with one attached hydrogen (secondary N) is 1. The molecule has 0 heterocycles. The number of carbonyl (C=O) groups excluding carboxylic acids is 1. The molecule has 1 atom stereocenters. The second kappa shape index (κ2) is 8.34. The molecular formula is C18H20Cl2N2O. The summed E-state index contributed by atoms with van der Waals surface area (Å²) in [5.41, 5.74) is 2.03. The van der Waals surface area contributed by atoms with Crippen LogP contribution in [0.4, 0.5) is 0 Å². The molecule has 0 aromatic heterocycles. The molecule has 0 radical (unpaired) electrons. The molecule has 0 bridgehead atoms. The van der Waals surface area contributed by atoms with Gasteiger partial charge >= 0.3 is 0 Å². The number of rotatable bonds is 6. The fourth-order valence-corrected chi connectivity index (χ4v) is 2.82. The fraction of sp³-hybridized carbons (Fsp3) is 0.278.